The number of carbonyl (C=O) groups is 1. The number of hydrogen-bond donors (Lipinski definition) is 2. The number of nitrogens with zero attached hydrogens (tertiary/aromatic N) is 2. The number of fused-ring (bicyclic) bond motifs is 2. The first-order chi connectivity index (χ1) is 17.4. The summed E-state index contributed by atoms with van der Waals surface area (Å²) in [6, 6.07) is 5.37. The van der Waals surface area contributed by atoms with Crippen LogP contribution in [0.15, 0.2) is 35.4 Å². The zero-order valence-electron chi connectivity index (χ0n) is 21.6. The lowest BCUT2D eigenvalue weighted by Gasteiger charge is -2.46. The Morgan fingerprint density at radius 1 is 1.16 bits per heavy atom. The molecule has 2 aliphatic heterocycles. The van der Waals surface area contributed by atoms with Crippen LogP contribution in [-0.4, -0.2) is 75.7 Å². The van der Waals surface area contributed by atoms with Gasteiger partial charge in [-0.15, -0.1) is 0 Å². The van der Waals surface area contributed by atoms with Gasteiger partial charge in [0.25, 0.3) is 0 Å². The summed E-state index contributed by atoms with van der Waals surface area (Å²) in [5, 5.41) is 6.06. The molecule has 2 unspecified atom stereocenters. The Hall–Kier alpha value is -3.12. The van der Waals surface area contributed by atoms with Gasteiger partial charge in [0.15, 0.2) is 9.84 Å². The molecule has 2 aromatic rings. The molecule has 1 amide bonds. The zero-order valence-corrected chi connectivity index (χ0v) is 22.4. The monoisotopic (exact) mass is 536 g/mol. The molecular formula is C25H33FN4O6S. The van der Waals surface area contributed by atoms with Crippen LogP contribution in [0.25, 0.3) is 0 Å². The van der Waals surface area contributed by atoms with E-state index in [-0.39, 0.29) is 34.6 Å². The largest absolute Gasteiger partial charge is 0.472 e. The number of amides is 1. The van der Waals surface area contributed by atoms with Crippen molar-refractivity contribution in [2.45, 2.75) is 37.4 Å². The fourth-order valence-electron chi connectivity index (χ4n) is 4.55. The number of ether oxygens (including phenoxy) is 3. The Bertz CT molecular complexity index is 1250. The summed E-state index contributed by atoms with van der Waals surface area (Å²) in [5.74, 6) is -0.535. The van der Waals surface area contributed by atoms with Crippen molar-refractivity contribution < 1.29 is 31.8 Å². The van der Waals surface area contributed by atoms with Crippen LogP contribution in [0.3, 0.4) is 0 Å². The number of piperidine rings is 1. The second-order valence-electron chi connectivity index (χ2n) is 10.4. The summed E-state index contributed by atoms with van der Waals surface area (Å²) < 4.78 is 55.8. The number of sulfone groups is 1. The first kappa shape index (κ1) is 26.9. The standard InChI is InChI=1S/C25H33FN4O6S/c1-25(2,3)36-24(31)30-11-15-13-34-14-16(12-30)22(15)35-23-21(27-4)20(8-9-28-23)29-19-7-6-17(10-18(19)26)37(5,32)33/h6-10,15-16,22,27H,11-14H2,1-5H3,(H,28,29). The number of halogens is 1. The predicted molar refractivity (Wildman–Crippen MR) is 137 cm³/mol. The van der Waals surface area contributed by atoms with Crippen LogP contribution >= 0.6 is 0 Å². The van der Waals surface area contributed by atoms with E-state index in [0.29, 0.717) is 43.6 Å². The van der Waals surface area contributed by atoms with E-state index < -0.39 is 21.3 Å². The van der Waals surface area contributed by atoms with Gasteiger partial charge < -0.3 is 29.7 Å². The van der Waals surface area contributed by atoms with E-state index in [1.54, 1.807) is 24.2 Å². The van der Waals surface area contributed by atoms with E-state index in [1.807, 2.05) is 20.8 Å². The normalized spacial score (nSPS) is 21.8. The van der Waals surface area contributed by atoms with Gasteiger partial charge in [-0.05, 0) is 45.0 Å². The second kappa shape index (κ2) is 10.3. The van der Waals surface area contributed by atoms with Crippen LogP contribution in [-0.2, 0) is 19.3 Å². The maximum Gasteiger partial charge on any atom is 0.410 e. The summed E-state index contributed by atoms with van der Waals surface area (Å²) in [5.41, 5.74) is 0.547. The molecule has 3 heterocycles. The summed E-state index contributed by atoms with van der Waals surface area (Å²) in [6.45, 7) is 7.24. The Kier molecular flexibility index (Phi) is 7.52. The van der Waals surface area contributed by atoms with E-state index in [0.717, 1.165) is 12.3 Å². The molecule has 1 aromatic carbocycles. The lowest BCUT2D eigenvalue weighted by atomic mass is 9.84. The summed E-state index contributed by atoms with van der Waals surface area (Å²) in [6.07, 6.45) is 1.97. The number of benzene rings is 1. The Morgan fingerprint density at radius 2 is 1.84 bits per heavy atom. The Balaban J connectivity index is 1.53. The SMILES string of the molecule is CNc1c(Nc2ccc(S(C)(=O)=O)cc2F)ccnc1OC1C2COCC1CN(C(=O)OC(C)(C)C)C2. The van der Waals surface area contributed by atoms with Crippen LogP contribution in [0.1, 0.15) is 20.8 Å². The van der Waals surface area contributed by atoms with Gasteiger partial charge in [-0.1, -0.05) is 0 Å². The molecule has 2 bridgehead atoms. The van der Waals surface area contributed by atoms with Gasteiger partial charge in [-0.25, -0.2) is 22.6 Å². The number of nitrogens with one attached hydrogen (secondary N) is 2. The average molecular weight is 537 g/mol. The van der Waals surface area contributed by atoms with Crippen LogP contribution in [0.2, 0.25) is 0 Å². The molecule has 2 fully saturated rings. The molecule has 2 N–H and O–H groups in total. The summed E-state index contributed by atoms with van der Waals surface area (Å²) in [4.78, 5) is 18.7. The van der Waals surface area contributed by atoms with Gasteiger partial charge in [0.2, 0.25) is 5.88 Å². The van der Waals surface area contributed by atoms with Crippen molar-refractivity contribution in [1.82, 2.24) is 9.88 Å². The Labute approximate surface area is 216 Å². The second-order valence-corrected chi connectivity index (χ2v) is 12.4. The fourth-order valence-corrected chi connectivity index (χ4v) is 5.18. The highest BCUT2D eigenvalue weighted by Gasteiger charge is 2.44. The molecule has 0 aliphatic carbocycles. The number of hydrogen-bond acceptors (Lipinski definition) is 9. The van der Waals surface area contributed by atoms with Crippen LogP contribution in [0.4, 0.5) is 26.2 Å². The molecule has 1 aromatic heterocycles. The molecule has 12 heteroatoms. The molecular weight excluding hydrogens is 503 g/mol. The molecule has 202 valence electrons. The maximum absolute atomic E-state index is 14.7. The highest BCUT2D eigenvalue weighted by atomic mass is 32.2. The average Bonchev–Trinajstić information content (AvgIpc) is 2.78. The topological polar surface area (TPSA) is 119 Å². The lowest BCUT2D eigenvalue weighted by molar-refractivity contribution is -0.113. The highest BCUT2D eigenvalue weighted by molar-refractivity contribution is 7.90. The number of rotatable bonds is 6. The minimum absolute atomic E-state index is 0.0795. The van der Waals surface area contributed by atoms with Gasteiger partial charge in [0, 0.05) is 44.4 Å². The third-order valence-electron chi connectivity index (χ3n) is 6.21. The van der Waals surface area contributed by atoms with E-state index in [1.165, 1.54) is 12.1 Å². The van der Waals surface area contributed by atoms with E-state index in [4.69, 9.17) is 14.2 Å². The molecule has 2 atom stereocenters. The molecule has 2 aliphatic rings. The van der Waals surface area contributed by atoms with E-state index >= 15 is 0 Å². The van der Waals surface area contributed by atoms with Gasteiger partial charge in [0.05, 0.1) is 29.5 Å². The fraction of sp³-hybridized carbons (Fsp3) is 0.520. The molecule has 0 radical (unpaired) electrons. The van der Waals surface area contributed by atoms with Gasteiger partial charge in [0.1, 0.15) is 23.2 Å². The summed E-state index contributed by atoms with van der Waals surface area (Å²) in [7, 11) is -1.83. The van der Waals surface area contributed by atoms with Crippen molar-refractivity contribution in [2.75, 3.05) is 50.2 Å². The van der Waals surface area contributed by atoms with Crippen molar-refractivity contribution in [3.05, 3.63) is 36.3 Å². The molecule has 2 saturated heterocycles. The van der Waals surface area contributed by atoms with Crippen molar-refractivity contribution in [2.24, 2.45) is 11.8 Å². The Morgan fingerprint density at radius 3 is 2.41 bits per heavy atom. The van der Waals surface area contributed by atoms with Crippen LogP contribution < -0.4 is 15.4 Å². The minimum atomic E-state index is -3.53. The van der Waals surface area contributed by atoms with Gasteiger partial charge in [-0.3, -0.25) is 0 Å². The van der Waals surface area contributed by atoms with Crippen molar-refractivity contribution in [1.29, 1.82) is 0 Å². The smallest absolute Gasteiger partial charge is 0.410 e. The molecule has 10 nitrogen and oxygen atoms in total. The summed E-state index contributed by atoms with van der Waals surface area (Å²) >= 11 is 0. The highest BCUT2D eigenvalue weighted by Crippen LogP contribution is 2.38. The number of pyridine rings is 1. The van der Waals surface area contributed by atoms with Crippen molar-refractivity contribution >= 4 is 33.0 Å². The zero-order chi connectivity index (χ0) is 27.0. The third kappa shape index (κ3) is 6.24. The molecule has 37 heavy (non-hydrogen) atoms. The number of likely N-dealkylation sites (tertiary alicyclic amines) is 1. The van der Waals surface area contributed by atoms with E-state index in [9.17, 15) is 17.6 Å². The number of carbonyl (C=O) groups excluding carboxylic acids is 1. The number of aromatic nitrogens is 1. The minimum Gasteiger partial charge on any atom is -0.472 e. The van der Waals surface area contributed by atoms with Crippen LogP contribution in [0, 0.1) is 17.7 Å². The maximum atomic E-state index is 14.7. The predicted octanol–water partition coefficient (Wildman–Crippen LogP) is 3.67. The number of anilines is 3. The molecule has 0 saturated carbocycles. The van der Waals surface area contributed by atoms with Gasteiger partial charge >= 0.3 is 6.09 Å². The quantitative estimate of drug-likeness (QED) is 0.570. The lowest BCUT2D eigenvalue weighted by Crippen LogP contribution is -2.59. The van der Waals surface area contributed by atoms with E-state index in [2.05, 4.69) is 15.6 Å². The first-order valence-electron chi connectivity index (χ1n) is 12.0. The van der Waals surface area contributed by atoms with Gasteiger partial charge in [-0.2, -0.15) is 0 Å². The molecule has 0 spiro atoms. The first-order valence-corrected chi connectivity index (χ1v) is 13.9. The van der Waals surface area contributed by atoms with Crippen molar-refractivity contribution in [3.8, 4) is 5.88 Å². The third-order valence-corrected chi connectivity index (χ3v) is 7.32. The molecule has 4 rings (SSSR count). The van der Waals surface area contributed by atoms with Crippen LogP contribution in [0.5, 0.6) is 5.88 Å². The van der Waals surface area contributed by atoms with Crippen molar-refractivity contribution in [3.63, 3.8) is 0 Å².